The lowest BCUT2D eigenvalue weighted by Crippen LogP contribution is -2.30. The van der Waals surface area contributed by atoms with Crippen molar-refractivity contribution in [3.8, 4) is 0 Å². The first-order chi connectivity index (χ1) is 21.0. The minimum atomic E-state index is -0.158. The highest BCUT2D eigenvalue weighted by atomic mass is 32.2. The van der Waals surface area contributed by atoms with E-state index in [9.17, 15) is 14.4 Å². The highest BCUT2D eigenvalue weighted by Crippen LogP contribution is 2.18. The van der Waals surface area contributed by atoms with Crippen LogP contribution in [0.15, 0.2) is 12.2 Å². The van der Waals surface area contributed by atoms with Crippen molar-refractivity contribution >= 4 is 28.9 Å². The van der Waals surface area contributed by atoms with Crippen molar-refractivity contribution in [2.75, 3.05) is 25.4 Å². The van der Waals surface area contributed by atoms with Crippen molar-refractivity contribution in [2.24, 2.45) is 0 Å². The molecule has 0 atom stereocenters. The lowest BCUT2D eigenvalue weighted by Gasteiger charge is -2.22. The van der Waals surface area contributed by atoms with Crippen LogP contribution in [-0.2, 0) is 19.1 Å². The van der Waals surface area contributed by atoms with E-state index in [0.717, 1.165) is 63.5 Å². The Morgan fingerprint density at radius 1 is 0.628 bits per heavy atom. The fourth-order valence-electron chi connectivity index (χ4n) is 4.93. The van der Waals surface area contributed by atoms with Crippen LogP contribution >= 0.6 is 11.8 Å². The number of thioether (sulfide) groups is 1. The molecule has 0 unspecified atom stereocenters. The van der Waals surface area contributed by atoms with Gasteiger partial charge >= 0.3 is 11.9 Å². The standard InChI is InChI=1S/C36H67NO5S/c1-5-9-12-15-16-17-23-31-41-34(38)27-21-18-22-29-37(36(40)43-32-8-4)30-24-28-35(39)42-33(25-19-13-10-6-2)26-20-14-11-7-3/h17,23,33H,5-16,18-22,24-32H2,1-4H3/b23-17-. The van der Waals surface area contributed by atoms with Crippen molar-refractivity contribution in [3.63, 3.8) is 0 Å². The van der Waals surface area contributed by atoms with Gasteiger partial charge in [0, 0.05) is 31.7 Å². The first-order valence-electron chi connectivity index (χ1n) is 17.9. The largest absolute Gasteiger partial charge is 0.462 e. The molecule has 7 heteroatoms. The summed E-state index contributed by atoms with van der Waals surface area (Å²) >= 11 is 1.36. The Morgan fingerprint density at radius 2 is 1.21 bits per heavy atom. The molecule has 0 aliphatic heterocycles. The van der Waals surface area contributed by atoms with E-state index < -0.39 is 0 Å². The van der Waals surface area contributed by atoms with E-state index in [1.807, 2.05) is 11.0 Å². The molecule has 0 bridgehead atoms. The summed E-state index contributed by atoms with van der Waals surface area (Å²) in [5.74, 6) is 0.512. The zero-order valence-corrected chi connectivity index (χ0v) is 29.3. The average molecular weight is 626 g/mol. The molecule has 0 N–H and O–H groups in total. The van der Waals surface area contributed by atoms with Gasteiger partial charge in [0.1, 0.15) is 12.7 Å². The SMILES string of the molecule is CCCCCC/C=C\COC(=O)CCCCCN(CCCC(=O)OC(CCCCCC)CCCCCC)C(=O)SCCC. The molecule has 0 saturated heterocycles. The Labute approximate surface area is 269 Å². The van der Waals surface area contributed by atoms with Crippen LogP contribution in [0.1, 0.15) is 169 Å². The van der Waals surface area contributed by atoms with E-state index in [2.05, 4.69) is 33.8 Å². The van der Waals surface area contributed by atoms with Crippen molar-refractivity contribution in [1.29, 1.82) is 0 Å². The lowest BCUT2D eigenvalue weighted by atomic mass is 10.0. The summed E-state index contributed by atoms with van der Waals surface area (Å²) in [5.41, 5.74) is 0. The third kappa shape index (κ3) is 27.8. The number of unbranched alkanes of at least 4 members (excludes halogenated alkanes) is 12. The number of carbonyl (C=O) groups excluding carboxylic acids is 3. The average Bonchev–Trinajstić information content (AvgIpc) is 3.00. The topological polar surface area (TPSA) is 72.9 Å². The van der Waals surface area contributed by atoms with Crippen molar-refractivity contribution in [1.82, 2.24) is 4.90 Å². The van der Waals surface area contributed by atoms with Crippen molar-refractivity contribution in [3.05, 3.63) is 12.2 Å². The summed E-state index contributed by atoms with van der Waals surface area (Å²) < 4.78 is 11.2. The Bertz CT molecular complexity index is 687. The maximum Gasteiger partial charge on any atom is 0.306 e. The summed E-state index contributed by atoms with van der Waals surface area (Å²) in [6.07, 6.45) is 26.3. The van der Waals surface area contributed by atoms with E-state index >= 15 is 0 Å². The Kier molecular flexibility index (Phi) is 30.8. The summed E-state index contributed by atoms with van der Waals surface area (Å²) in [6.45, 7) is 10.3. The fourth-order valence-corrected chi connectivity index (χ4v) is 5.67. The number of amides is 1. The molecule has 6 nitrogen and oxygen atoms in total. The Balaban J connectivity index is 4.43. The number of esters is 2. The monoisotopic (exact) mass is 625 g/mol. The predicted octanol–water partition coefficient (Wildman–Crippen LogP) is 10.8. The maximum absolute atomic E-state index is 12.8. The van der Waals surface area contributed by atoms with Gasteiger partial charge in [0.05, 0.1) is 0 Å². The van der Waals surface area contributed by atoms with Gasteiger partial charge in [-0.25, -0.2) is 0 Å². The van der Waals surface area contributed by atoms with Crippen LogP contribution in [0.2, 0.25) is 0 Å². The van der Waals surface area contributed by atoms with E-state index in [4.69, 9.17) is 9.47 Å². The maximum atomic E-state index is 12.8. The molecule has 0 aliphatic carbocycles. The van der Waals surface area contributed by atoms with E-state index in [0.29, 0.717) is 39.0 Å². The molecule has 0 aromatic rings. The van der Waals surface area contributed by atoms with Gasteiger partial charge in [-0.3, -0.25) is 14.4 Å². The van der Waals surface area contributed by atoms with Crippen molar-refractivity contribution < 1.29 is 23.9 Å². The summed E-state index contributed by atoms with van der Waals surface area (Å²) in [6, 6.07) is 0. The molecule has 0 rings (SSSR count). The molecule has 1 amide bonds. The van der Waals surface area contributed by atoms with Gasteiger partial charge in [0.25, 0.3) is 5.24 Å². The number of hydrogen-bond acceptors (Lipinski definition) is 6. The predicted molar refractivity (Wildman–Crippen MR) is 184 cm³/mol. The van der Waals surface area contributed by atoms with E-state index in [1.54, 1.807) is 0 Å². The zero-order chi connectivity index (χ0) is 31.8. The molecule has 0 heterocycles. The first-order valence-corrected chi connectivity index (χ1v) is 18.9. The zero-order valence-electron chi connectivity index (χ0n) is 28.5. The quantitative estimate of drug-likeness (QED) is 0.0449. The van der Waals surface area contributed by atoms with Gasteiger partial charge in [-0.15, -0.1) is 0 Å². The molecule has 0 saturated carbocycles. The molecule has 0 fully saturated rings. The number of rotatable bonds is 30. The lowest BCUT2D eigenvalue weighted by molar-refractivity contribution is -0.150. The molecule has 0 aliphatic rings. The van der Waals surface area contributed by atoms with Crippen LogP contribution in [0.4, 0.5) is 4.79 Å². The molecule has 0 aromatic heterocycles. The fraction of sp³-hybridized carbons (Fsp3) is 0.861. The minimum Gasteiger partial charge on any atom is -0.462 e. The smallest absolute Gasteiger partial charge is 0.306 e. The van der Waals surface area contributed by atoms with Crippen LogP contribution in [-0.4, -0.2) is 53.6 Å². The molecule has 0 aromatic carbocycles. The summed E-state index contributed by atoms with van der Waals surface area (Å²) in [4.78, 5) is 39.4. The number of hydrogen-bond donors (Lipinski definition) is 0. The van der Waals surface area contributed by atoms with Gasteiger partial charge in [-0.05, 0) is 64.2 Å². The van der Waals surface area contributed by atoms with Crippen LogP contribution in [0, 0.1) is 0 Å². The number of nitrogens with zero attached hydrogens (tertiary/aromatic N) is 1. The molecular formula is C36H67NO5S. The van der Waals surface area contributed by atoms with Crippen molar-refractivity contribution in [2.45, 2.75) is 175 Å². The van der Waals surface area contributed by atoms with Crippen LogP contribution in [0.25, 0.3) is 0 Å². The first kappa shape index (κ1) is 41.5. The van der Waals surface area contributed by atoms with Gasteiger partial charge in [-0.2, -0.15) is 0 Å². The van der Waals surface area contributed by atoms with Crippen LogP contribution in [0.5, 0.6) is 0 Å². The molecule has 252 valence electrons. The molecule has 43 heavy (non-hydrogen) atoms. The normalized spacial score (nSPS) is 11.4. The minimum absolute atomic E-state index is 0.0253. The highest BCUT2D eigenvalue weighted by molar-refractivity contribution is 8.13. The summed E-state index contributed by atoms with van der Waals surface area (Å²) in [5, 5.41) is 0.0841. The van der Waals surface area contributed by atoms with Gasteiger partial charge < -0.3 is 14.4 Å². The van der Waals surface area contributed by atoms with E-state index in [-0.39, 0.29) is 23.3 Å². The third-order valence-electron chi connectivity index (χ3n) is 7.59. The molecular weight excluding hydrogens is 558 g/mol. The number of allylic oxidation sites excluding steroid dienone is 1. The second-order valence-corrected chi connectivity index (χ2v) is 12.9. The van der Waals surface area contributed by atoms with Gasteiger partial charge in [0.15, 0.2) is 0 Å². The third-order valence-corrected chi connectivity index (χ3v) is 8.71. The van der Waals surface area contributed by atoms with Gasteiger partial charge in [0.2, 0.25) is 0 Å². The number of ether oxygens (including phenoxy) is 2. The van der Waals surface area contributed by atoms with Gasteiger partial charge in [-0.1, -0.05) is 116 Å². The molecule has 0 radical (unpaired) electrons. The van der Waals surface area contributed by atoms with Crippen LogP contribution < -0.4 is 0 Å². The second-order valence-electron chi connectivity index (χ2n) is 11.8. The Morgan fingerprint density at radius 3 is 1.84 bits per heavy atom. The highest BCUT2D eigenvalue weighted by Gasteiger charge is 2.17. The molecule has 0 spiro atoms. The number of carbonyl (C=O) groups is 3. The summed E-state index contributed by atoms with van der Waals surface area (Å²) in [7, 11) is 0. The van der Waals surface area contributed by atoms with E-state index in [1.165, 1.54) is 76.0 Å². The van der Waals surface area contributed by atoms with Crippen LogP contribution in [0.3, 0.4) is 0 Å². The second kappa shape index (κ2) is 31.9. The Hall–Kier alpha value is -1.50.